The monoisotopic (exact) mass is 244 g/mol. The van der Waals surface area contributed by atoms with Crippen molar-refractivity contribution in [1.82, 2.24) is 15.0 Å². The van der Waals surface area contributed by atoms with E-state index in [2.05, 4.69) is 25.5 Å². The van der Waals surface area contributed by atoms with Crippen molar-refractivity contribution >= 4 is 17.7 Å². The van der Waals surface area contributed by atoms with Gasteiger partial charge in [0.1, 0.15) is 17.7 Å². The first-order valence-corrected chi connectivity index (χ1v) is 4.91. The molecule has 0 fully saturated rings. The molecule has 0 aliphatic heterocycles. The van der Waals surface area contributed by atoms with E-state index in [9.17, 15) is 10.1 Å². The second-order valence-electron chi connectivity index (χ2n) is 3.16. The molecule has 0 saturated carbocycles. The van der Waals surface area contributed by atoms with Gasteiger partial charge in [-0.2, -0.15) is 5.10 Å². The highest BCUT2D eigenvalue weighted by Gasteiger charge is 2.04. The summed E-state index contributed by atoms with van der Waals surface area (Å²) in [4.78, 5) is 21.6. The van der Waals surface area contributed by atoms with Gasteiger partial charge >= 0.3 is 0 Å². The van der Waals surface area contributed by atoms with Crippen LogP contribution in [0.15, 0.2) is 42.0 Å². The lowest BCUT2D eigenvalue weighted by atomic mass is 10.4. The van der Waals surface area contributed by atoms with E-state index in [4.69, 9.17) is 0 Å². The van der Waals surface area contributed by atoms with Gasteiger partial charge in [0, 0.05) is 18.5 Å². The minimum absolute atomic E-state index is 0.0709. The van der Waals surface area contributed by atoms with Gasteiger partial charge in [-0.15, -0.1) is 0 Å². The smallest absolute Gasteiger partial charge is 0.261 e. The van der Waals surface area contributed by atoms with E-state index in [0.717, 1.165) is 6.20 Å². The number of aromatic nitrogens is 3. The number of nitrogens with one attached hydrogen (secondary N) is 1. The van der Waals surface area contributed by atoms with Crippen LogP contribution in [0.3, 0.4) is 0 Å². The molecule has 0 aromatic carbocycles. The average molecular weight is 244 g/mol. The molecule has 0 amide bonds. The van der Waals surface area contributed by atoms with Crippen LogP contribution in [0.1, 0.15) is 5.69 Å². The van der Waals surface area contributed by atoms with Gasteiger partial charge in [-0.05, 0) is 6.07 Å². The van der Waals surface area contributed by atoms with Gasteiger partial charge in [-0.1, -0.05) is 0 Å². The highest BCUT2D eigenvalue weighted by atomic mass is 16.6. The number of pyridine rings is 1. The first-order valence-electron chi connectivity index (χ1n) is 4.91. The summed E-state index contributed by atoms with van der Waals surface area (Å²) in [5.74, 6) is 0.403. The third kappa shape index (κ3) is 3.04. The lowest BCUT2D eigenvalue weighted by Crippen LogP contribution is -1.96. The molecule has 8 heteroatoms. The van der Waals surface area contributed by atoms with E-state index in [0.29, 0.717) is 11.5 Å². The van der Waals surface area contributed by atoms with Crippen LogP contribution in [-0.2, 0) is 0 Å². The molecule has 8 nitrogen and oxygen atoms in total. The molecule has 2 heterocycles. The zero-order chi connectivity index (χ0) is 12.8. The molecule has 2 aromatic rings. The average Bonchev–Trinajstić information content (AvgIpc) is 2.40. The van der Waals surface area contributed by atoms with Gasteiger partial charge in [0.05, 0.1) is 17.3 Å². The molecule has 0 aliphatic carbocycles. The maximum Gasteiger partial charge on any atom is 0.287 e. The quantitative estimate of drug-likeness (QED) is 0.492. The van der Waals surface area contributed by atoms with Crippen LogP contribution in [0.25, 0.3) is 0 Å². The Kier molecular flexibility index (Phi) is 3.50. The third-order valence-corrected chi connectivity index (χ3v) is 1.92. The van der Waals surface area contributed by atoms with Crippen LogP contribution in [0.4, 0.5) is 11.5 Å². The number of anilines is 1. The molecule has 0 radical (unpaired) electrons. The van der Waals surface area contributed by atoms with Crippen LogP contribution in [0.5, 0.6) is 0 Å². The minimum atomic E-state index is -0.514. The van der Waals surface area contributed by atoms with Gasteiger partial charge in [0.25, 0.3) is 5.69 Å². The fourth-order valence-electron chi connectivity index (χ4n) is 1.10. The normalized spacial score (nSPS) is 10.4. The SMILES string of the molecule is O=[N+]([O-])c1ccc(NN=Cc2cnccn2)nc1. The van der Waals surface area contributed by atoms with Gasteiger partial charge in [0.15, 0.2) is 0 Å². The van der Waals surface area contributed by atoms with Crippen molar-refractivity contribution in [2.45, 2.75) is 0 Å². The van der Waals surface area contributed by atoms with E-state index in [1.54, 1.807) is 18.6 Å². The summed E-state index contributed by atoms with van der Waals surface area (Å²) < 4.78 is 0. The molecule has 2 rings (SSSR count). The van der Waals surface area contributed by atoms with Crippen molar-refractivity contribution in [2.24, 2.45) is 5.10 Å². The standard InChI is InChI=1S/C10H8N6O2/c17-16(18)9-1-2-10(13-7-9)15-14-6-8-5-11-3-4-12-8/h1-7H,(H,13,15). The molecule has 0 unspecified atom stereocenters. The van der Waals surface area contributed by atoms with E-state index in [1.807, 2.05) is 0 Å². The molecule has 0 saturated heterocycles. The predicted molar refractivity (Wildman–Crippen MR) is 64.1 cm³/mol. The van der Waals surface area contributed by atoms with Crippen LogP contribution < -0.4 is 5.43 Å². The van der Waals surface area contributed by atoms with E-state index >= 15 is 0 Å². The largest absolute Gasteiger partial charge is 0.287 e. The minimum Gasteiger partial charge on any atom is -0.261 e. The number of hydrogen-bond acceptors (Lipinski definition) is 7. The van der Waals surface area contributed by atoms with Gasteiger partial charge in [-0.25, -0.2) is 4.98 Å². The van der Waals surface area contributed by atoms with E-state index < -0.39 is 4.92 Å². The highest BCUT2D eigenvalue weighted by molar-refractivity contribution is 5.76. The summed E-state index contributed by atoms with van der Waals surface area (Å²) in [5, 5.41) is 14.3. The second-order valence-corrected chi connectivity index (χ2v) is 3.16. The Morgan fingerprint density at radius 1 is 1.28 bits per heavy atom. The predicted octanol–water partition coefficient (Wildman–Crippen LogP) is 1.23. The molecular weight excluding hydrogens is 236 g/mol. The van der Waals surface area contributed by atoms with Gasteiger partial charge < -0.3 is 0 Å². The first-order chi connectivity index (χ1) is 8.75. The van der Waals surface area contributed by atoms with Gasteiger partial charge in [-0.3, -0.25) is 25.5 Å². The Morgan fingerprint density at radius 2 is 2.17 bits per heavy atom. The van der Waals surface area contributed by atoms with Crippen LogP contribution in [-0.4, -0.2) is 26.1 Å². The summed E-state index contributed by atoms with van der Waals surface area (Å²) in [6.07, 6.45) is 7.28. The van der Waals surface area contributed by atoms with Crippen molar-refractivity contribution in [1.29, 1.82) is 0 Å². The summed E-state index contributed by atoms with van der Waals surface area (Å²) in [7, 11) is 0. The number of hydrogen-bond donors (Lipinski definition) is 1. The molecule has 90 valence electrons. The summed E-state index contributed by atoms with van der Waals surface area (Å²) >= 11 is 0. The Bertz CT molecular complexity index is 554. The van der Waals surface area contributed by atoms with Crippen LogP contribution >= 0.6 is 0 Å². The fourth-order valence-corrected chi connectivity index (χ4v) is 1.10. The van der Waals surface area contributed by atoms with E-state index in [-0.39, 0.29) is 5.69 Å². The Labute approximate surface area is 102 Å². The van der Waals surface area contributed by atoms with Crippen molar-refractivity contribution in [3.05, 3.63) is 52.7 Å². The first kappa shape index (κ1) is 11.6. The molecule has 1 N–H and O–H groups in total. The van der Waals surface area contributed by atoms with Gasteiger partial charge in [0.2, 0.25) is 0 Å². The Balaban J connectivity index is 1.98. The summed E-state index contributed by atoms with van der Waals surface area (Å²) in [6, 6.07) is 2.80. The molecular formula is C10H8N6O2. The topological polar surface area (TPSA) is 106 Å². The summed E-state index contributed by atoms with van der Waals surface area (Å²) in [5.41, 5.74) is 3.15. The Morgan fingerprint density at radius 3 is 2.78 bits per heavy atom. The molecule has 0 aliphatic rings. The maximum atomic E-state index is 10.4. The van der Waals surface area contributed by atoms with Crippen molar-refractivity contribution in [3.63, 3.8) is 0 Å². The number of nitro groups is 1. The maximum absolute atomic E-state index is 10.4. The lowest BCUT2D eigenvalue weighted by Gasteiger charge is -1.97. The zero-order valence-corrected chi connectivity index (χ0v) is 9.09. The van der Waals surface area contributed by atoms with E-state index in [1.165, 1.54) is 18.3 Å². The van der Waals surface area contributed by atoms with Crippen molar-refractivity contribution < 1.29 is 4.92 Å². The molecule has 0 bridgehead atoms. The van der Waals surface area contributed by atoms with Crippen molar-refractivity contribution in [2.75, 3.05) is 5.43 Å². The lowest BCUT2D eigenvalue weighted by molar-refractivity contribution is -0.385. The molecule has 0 atom stereocenters. The number of hydrazone groups is 1. The Hall–Kier alpha value is -2.90. The zero-order valence-electron chi connectivity index (χ0n) is 9.09. The number of rotatable bonds is 4. The second kappa shape index (κ2) is 5.43. The fraction of sp³-hybridized carbons (Fsp3) is 0. The van der Waals surface area contributed by atoms with Crippen LogP contribution in [0, 0.1) is 10.1 Å². The molecule has 0 spiro atoms. The third-order valence-electron chi connectivity index (χ3n) is 1.92. The van der Waals surface area contributed by atoms with Crippen molar-refractivity contribution in [3.8, 4) is 0 Å². The molecule has 18 heavy (non-hydrogen) atoms. The number of nitrogens with zero attached hydrogens (tertiary/aromatic N) is 5. The molecule has 2 aromatic heterocycles. The summed E-state index contributed by atoms with van der Waals surface area (Å²) in [6.45, 7) is 0. The van der Waals surface area contributed by atoms with Crippen LogP contribution in [0.2, 0.25) is 0 Å². The highest BCUT2D eigenvalue weighted by Crippen LogP contribution is 2.11.